The molecule has 0 saturated carbocycles. The Labute approximate surface area is 97.9 Å². The van der Waals surface area contributed by atoms with Crippen LogP contribution in [0.2, 0.25) is 0 Å². The first-order valence-corrected chi connectivity index (χ1v) is 5.81. The van der Waals surface area contributed by atoms with Crippen molar-refractivity contribution in [3.05, 3.63) is 70.8 Å². The van der Waals surface area contributed by atoms with Gasteiger partial charge in [-0.25, -0.2) is 0 Å². The van der Waals surface area contributed by atoms with E-state index in [-0.39, 0.29) is 0 Å². The van der Waals surface area contributed by atoms with E-state index < -0.39 is 0 Å². The minimum atomic E-state index is 0.474. The van der Waals surface area contributed by atoms with E-state index in [1.165, 1.54) is 22.3 Å². The van der Waals surface area contributed by atoms with Crippen LogP contribution in [-0.4, -0.2) is 0 Å². The summed E-state index contributed by atoms with van der Waals surface area (Å²) in [6.07, 6.45) is 0. The van der Waals surface area contributed by atoms with Crippen molar-refractivity contribution in [2.45, 2.75) is 26.7 Å². The molecule has 0 nitrogen and oxygen atoms in total. The van der Waals surface area contributed by atoms with Crippen LogP contribution in [0.4, 0.5) is 0 Å². The Morgan fingerprint density at radius 2 is 1.31 bits per heavy atom. The van der Waals surface area contributed by atoms with Gasteiger partial charge in [0.15, 0.2) is 0 Å². The Morgan fingerprint density at radius 3 is 1.88 bits per heavy atom. The van der Waals surface area contributed by atoms with Crippen molar-refractivity contribution >= 4 is 0 Å². The summed E-state index contributed by atoms with van der Waals surface area (Å²) in [5, 5.41) is 0. The quantitative estimate of drug-likeness (QED) is 0.686. The van der Waals surface area contributed by atoms with Gasteiger partial charge in [-0.2, -0.15) is 0 Å². The molecule has 0 heterocycles. The Hall–Kier alpha value is -1.56. The highest BCUT2D eigenvalue weighted by molar-refractivity contribution is 5.41. The van der Waals surface area contributed by atoms with E-state index in [1.807, 2.05) is 0 Å². The maximum absolute atomic E-state index is 2.28. The molecule has 0 aromatic heterocycles. The van der Waals surface area contributed by atoms with Crippen molar-refractivity contribution in [2.24, 2.45) is 0 Å². The zero-order valence-corrected chi connectivity index (χ0v) is 10.2. The van der Waals surface area contributed by atoms with Gasteiger partial charge in [-0.3, -0.25) is 0 Å². The molecule has 0 aliphatic carbocycles. The number of benzene rings is 2. The molecule has 0 aliphatic heterocycles. The third-order valence-corrected chi connectivity index (χ3v) is 3.27. The molecule has 0 aliphatic rings. The fourth-order valence-electron chi connectivity index (χ4n) is 2.42. The van der Waals surface area contributed by atoms with Crippen LogP contribution in [0.5, 0.6) is 0 Å². The highest BCUT2D eigenvalue weighted by Gasteiger charge is 2.12. The topological polar surface area (TPSA) is 0 Å². The molecule has 0 heteroatoms. The first kappa shape index (κ1) is 10.9. The molecule has 1 unspecified atom stereocenters. The number of hydrogen-bond acceptors (Lipinski definition) is 0. The normalized spacial score (nSPS) is 12.4. The van der Waals surface area contributed by atoms with Crippen LogP contribution in [0.25, 0.3) is 0 Å². The van der Waals surface area contributed by atoms with Gasteiger partial charge in [-0.15, -0.1) is 0 Å². The fraction of sp³-hybridized carbons (Fsp3) is 0.250. The highest BCUT2D eigenvalue weighted by Crippen LogP contribution is 2.28. The third kappa shape index (κ3) is 2.01. The molecule has 82 valence electrons. The summed E-state index contributed by atoms with van der Waals surface area (Å²) in [6.45, 7) is 6.67. The zero-order valence-electron chi connectivity index (χ0n) is 10.2. The van der Waals surface area contributed by atoms with Crippen LogP contribution < -0.4 is 0 Å². The van der Waals surface area contributed by atoms with Crippen molar-refractivity contribution in [1.29, 1.82) is 0 Å². The maximum Gasteiger partial charge on any atom is 0.00662 e. The number of rotatable bonds is 2. The molecule has 0 saturated heterocycles. The molecule has 0 radical (unpaired) electrons. The van der Waals surface area contributed by atoms with E-state index in [1.54, 1.807) is 0 Å². The predicted octanol–water partition coefficient (Wildman–Crippen LogP) is 4.46. The van der Waals surface area contributed by atoms with Crippen molar-refractivity contribution in [3.63, 3.8) is 0 Å². The molecule has 1 atom stereocenters. The molecule has 0 spiro atoms. The summed E-state index contributed by atoms with van der Waals surface area (Å²) in [5.41, 5.74) is 5.63. The van der Waals surface area contributed by atoms with Crippen LogP contribution in [-0.2, 0) is 0 Å². The van der Waals surface area contributed by atoms with Crippen molar-refractivity contribution in [1.82, 2.24) is 0 Å². The van der Waals surface area contributed by atoms with E-state index in [2.05, 4.69) is 69.3 Å². The first-order valence-electron chi connectivity index (χ1n) is 5.81. The number of aryl methyl sites for hydroxylation is 2. The summed E-state index contributed by atoms with van der Waals surface area (Å²) in [7, 11) is 0. The van der Waals surface area contributed by atoms with Crippen molar-refractivity contribution < 1.29 is 0 Å². The van der Waals surface area contributed by atoms with E-state index in [0.717, 1.165) is 0 Å². The minimum absolute atomic E-state index is 0.474. The second kappa shape index (κ2) is 4.52. The largest absolute Gasteiger partial charge is 0.0622 e. The Kier molecular flexibility index (Phi) is 3.09. The predicted molar refractivity (Wildman–Crippen MR) is 69.9 cm³/mol. The van der Waals surface area contributed by atoms with E-state index in [9.17, 15) is 0 Å². The van der Waals surface area contributed by atoms with Crippen LogP contribution in [0.15, 0.2) is 48.5 Å². The summed E-state index contributed by atoms with van der Waals surface area (Å²) in [5.74, 6) is 0.474. The van der Waals surface area contributed by atoms with Gasteiger partial charge in [-0.1, -0.05) is 55.5 Å². The van der Waals surface area contributed by atoms with Gasteiger partial charge in [0.1, 0.15) is 0 Å². The molecule has 0 fully saturated rings. The summed E-state index contributed by atoms with van der Waals surface area (Å²) in [4.78, 5) is 0. The molecule has 2 aromatic carbocycles. The molecule has 0 bridgehead atoms. The first-order chi connectivity index (χ1) is 7.70. The molecule has 0 N–H and O–H groups in total. The zero-order chi connectivity index (χ0) is 11.5. The maximum atomic E-state index is 2.28. The van der Waals surface area contributed by atoms with Crippen LogP contribution >= 0.6 is 0 Å². The lowest BCUT2D eigenvalue weighted by Gasteiger charge is -2.17. The van der Waals surface area contributed by atoms with E-state index >= 15 is 0 Å². The van der Waals surface area contributed by atoms with Crippen LogP contribution in [0, 0.1) is 13.8 Å². The molecular weight excluding hydrogens is 192 g/mol. The van der Waals surface area contributed by atoms with Gasteiger partial charge in [0, 0.05) is 5.92 Å². The smallest absolute Gasteiger partial charge is 0.00662 e. The van der Waals surface area contributed by atoms with Crippen molar-refractivity contribution in [3.8, 4) is 0 Å². The lowest BCUT2D eigenvalue weighted by atomic mass is 9.87. The average Bonchev–Trinajstić information content (AvgIpc) is 2.30. The Balaban J connectivity index is 2.46. The Bertz CT molecular complexity index is 448. The van der Waals surface area contributed by atoms with Gasteiger partial charge in [0.25, 0.3) is 0 Å². The fourth-order valence-corrected chi connectivity index (χ4v) is 2.42. The van der Waals surface area contributed by atoms with Crippen molar-refractivity contribution in [2.75, 3.05) is 0 Å². The van der Waals surface area contributed by atoms with Gasteiger partial charge < -0.3 is 0 Å². The Morgan fingerprint density at radius 1 is 0.750 bits per heavy atom. The minimum Gasteiger partial charge on any atom is -0.0622 e. The van der Waals surface area contributed by atoms with E-state index in [0.29, 0.717) is 5.92 Å². The lowest BCUT2D eigenvalue weighted by Crippen LogP contribution is -2.01. The summed E-state index contributed by atoms with van der Waals surface area (Å²) >= 11 is 0. The van der Waals surface area contributed by atoms with Gasteiger partial charge in [0.05, 0.1) is 0 Å². The van der Waals surface area contributed by atoms with Crippen LogP contribution in [0.3, 0.4) is 0 Å². The lowest BCUT2D eigenvalue weighted by molar-refractivity contribution is 0.898. The summed E-state index contributed by atoms with van der Waals surface area (Å²) in [6, 6.07) is 17.2. The van der Waals surface area contributed by atoms with Crippen LogP contribution in [0.1, 0.15) is 35.1 Å². The second-order valence-electron chi connectivity index (χ2n) is 4.44. The molecule has 2 rings (SSSR count). The summed E-state index contributed by atoms with van der Waals surface area (Å²) < 4.78 is 0. The highest BCUT2D eigenvalue weighted by atomic mass is 14.2. The molecule has 0 amide bonds. The SMILES string of the molecule is Cc1cccc(C)c1C(C)c1ccccc1. The molecule has 2 aromatic rings. The molecular formula is C16H18. The van der Waals surface area contributed by atoms with Gasteiger partial charge in [0.2, 0.25) is 0 Å². The average molecular weight is 210 g/mol. The van der Waals surface area contributed by atoms with E-state index in [4.69, 9.17) is 0 Å². The number of hydrogen-bond donors (Lipinski definition) is 0. The monoisotopic (exact) mass is 210 g/mol. The standard InChI is InChI=1S/C16H18/c1-12-8-7-9-13(2)16(12)14(3)15-10-5-4-6-11-15/h4-11,14H,1-3H3. The van der Waals surface area contributed by atoms with Gasteiger partial charge in [-0.05, 0) is 36.1 Å². The third-order valence-electron chi connectivity index (χ3n) is 3.27. The second-order valence-corrected chi connectivity index (χ2v) is 4.44. The van der Waals surface area contributed by atoms with Gasteiger partial charge >= 0.3 is 0 Å². The molecule has 16 heavy (non-hydrogen) atoms.